The van der Waals surface area contributed by atoms with Crippen molar-refractivity contribution in [1.29, 1.82) is 0 Å². The second-order valence-electron chi connectivity index (χ2n) is 4.77. The van der Waals surface area contributed by atoms with E-state index in [4.69, 9.17) is 16.3 Å². The van der Waals surface area contributed by atoms with Gasteiger partial charge in [0, 0.05) is 26.4 Å². The van der Waals surface area contributed by atoms with Crippen molar-refractivity contribution in [3.05, 3.63) is 52.3 Å². The number of hydrogen-bond acceptors (Lipinski definition) is 3. The van der Waals surface area contributed by atoms with E-state index < -0.39 is 5.82 Å². The SMILES string of the molecule is COCCNCc1cnc(C)n1Cc1cccc(F)c1Cl. The zero-order chi connectivity index (χ0) is 15.2. The summed E-state index contributed by atoms with van der Waals surface area (Å²) in [5.41, 5.74) is 1.78. The first-order valence-corrected chi connectivity index (χ1v) is 7.15. The lowest BCUT2D eigenvalue weighted by Gasteiger charge is -2.12. The van der Waals surface area contributed by atoms with E-state index in [1.807, 2.05) is 23.8 Å². The van der Waals surface area contributed by atoms with Crippen LogP contribution in [-0.4, -0.2) is 29.8 Å². The third-order valence-corrected chi connectivity index (χ3v) is 3.71. The molecule has 2 rings (SSSR count). The van der Waals surface area contributed by atoms with E-state index in [0.717, 1.165) is 23.6 Å². The molecule has 0 bridgehead atoms. The molecule has 4 nitrogen and oxygen atoms in total. The molecule has 0 amide bonds. The molecule has 1 N–H and O–H groups in total. The van der Waals surface area contributed by atoms with E-state index in [2.05, 4.69) is 10.3 Å². The molecule has 1 aromatic carbocycles. The van der Waals surface area contributed by atoms with Gasteiger partial charge in [-0.05, 0) is 18.6 Å². The Morgan fingerprint density at radius 2 is 2.24 bits per heavy atom. The van der Waals surface area contributed by atoms with E-state index in [-0.39, 0.29) is 5.02 Å². The highest BCUT2D eigenvalue weighted by atomic mass is 35.5. The number of rotatable bonds is 7. The predicted molar refractivity (Wildman–Crippen MR) is 81.1 cm³/mol. The van der Waals surface area contributed by atoms with Gasteiger partial charge in [-0.15, -0.1) is 0 Å². The van der Waals surface area contributed by atoms with Gasteiger partial charge in [-0.3, -0.25) is 0 Å². The summed E-state index contributed by atoms with van der Waals surface area (Å²) >= 11 is 6.02. The minimum Gasteiger partial charge on any atom is -0.383 e. The van der Waals surface area contributed by atoms with E-state index in [1.54, 1.807) is 13.2 Å². The van der Waals surface area contributed by atoms with Gasteiger partial charge in [-0.25, -0.2) is 9.37 Å². The van der Waals surface area contributed by atoms with Crippen molar-refractivity contribution in [2.24, 2.45) is 0 Å². The van der Waals surface area contributed by atoms with Crippen LogP contribution in [0.2, 0.25) is 5.02 Å². The Morgan fingerprint density at radius 3 is 3.00 bits per heavy atom. The molecule has 21 heavy (non-hydrogen) atoms. The van der Waals surface area contributed by atoms with Gasteiger partial charge in [0.2, 0.25) is 0 Å². The molecule has 114 valence electrons. The van der Waals surface area contributed by atoms with Crippen molar-refractivity contribution in [2.75, 3.05) is 20.3 Å². The summed E-state index contributed by atoms with van der Waals surface area (Å²) in [5, 5.41) is 3.45. The van der Waals surface area contributed by atoms with Crippen LogP contribution in [0.25, 0.3) is 0 Å². The van der Waals surface area contributed by atoms with Crippen molar-refractivity contribution < 1.29 is 9.13 Å². The smallest absolute Gasteiger partial charge is 0.142 e. The summed E-state index contributed by atoms with van der Waals surface area (Å²) in [5.74, 6) is 0.477. The van der Waals surface area contributed by atoms with Gasteiger partial charge in [0.25, 0.3) is 0 Å². The monoisotopic (exact) mass is 311 g/mol. The van der Waals surface area contributed by atoms with Crippen molar-refractivity contribution in [2.45, 2.75) is 20.0 Å². The van der Waals surface area contributed by atoms with Crippen molar-refractivity contribution >= 4 is 11.6 Å². The minimum absolute atomic E-state index is 0.170. The number of aromatic nitrogens is 2. The molecule has 0 atom stereocenters. The molecule has 1 heterocycles. The first-order valence-electron chi connectivity index (χ1n) is 6.77. The van der Waals surface area contributed by atoms with Crippen LogP contribution in [0.5, 0.6) is 0 Å². The Kier molecular flexibility index (Phi) is 5.73. The summed E-state index contributed by atoms with van der Waals surface area (Å²) in [6.45, 7) is 4.52. The van der Waals surface area contributed by atoms with Crippen LogP contribution < -0.4 is 5.32 Å². The number of nitrogens with zero attached hydrogens (tertiary/aromatic N) is 2. The molecular weight excluding hydrogens is 293 g/mol. The van der Waals surface area contributed by atoms with Crippen LogP contribution in [0.3, 0.4) is 0 Å². The molecule has 0 spiro atoms. The van der Waals surface area contributed by atoms with E-state index >= 15 is 0 Å². The fourth-order valence-electron chi connectivity index (χ4n) is 2.10. The molecule has 0 unspecified atom stereocenters. The lowest BCUT2D eigenvalue weighted by Crippen LogP contribution is -2.21. The number of nitrogens with one attached hydrogen (secondary N) is 1. The minimum atomic E-state index is -0.397. The second kappa shape index (κ2) is 7.54. The summed E-state index contributed by atoms with van der Waals surface area (Å²) < 4.78 is 20.5. The average molecular weight is 312 g/mol. The molecular formula is C15H19ClFN3O. The highest BCUT2D eigenvalue weighted by Crippen LogP contribution is 2.21. The Hall–Kier alpha value is -1.43. The lowest BCUT2D eigenvalue weighted by atomic mass is 10.2. The summed E-state index contributed by atoms with van der Waals surface area (Å²) in [7, 11) is 1.67. The first kappa shape index (κ1) is 15.9. The van der Waals surface area contributed by atoms with Gasteiger partial charge in [-0.1, -0.05) is 23.7 Å². The number of methoxy groups -OCH3 is 1. The van der Waals surface area contributed by atoms with Gasteiger partial charge >= 0.3 is 0 Å². The molecule has 0 fully saturated rings. The largest absolute Gasteiger partial charge is 0.383 e. The Morgan fingerprint density at radius 1 is 1.43 bits per heavy atom. The van der Waals surface area contributed by atoms with Crippen LogP contribution in [-0.2, 0) is 17.8 Å². The first-order chi connectivity index (χ1) is 10.1. The van der Waals surface area contributed by atoms with Gasteiger partial charge < -0.3 is 14.6 Å². The third-order valence-electron chi connectivity index (χ3n) is 3.29. The normalized spacial score (nSPS) is 11.0. The van der Waals surface area contributed by atoms with Crippen molar-refractivity contribution in [1.82, 2.24) is 14.9 Å². The van der Waals surface area contributed by atoms with Gasteiger partial charge in [0.15, 0.2) is 0 Å². The molecule has 0 aliphatic rings. The predicted octanol–water partition coefficient (Wildman–Crippen LogP) is 2.77. The van der Waals surface area contributed by atoms with Gasteiger partial charge in [-0.2, -0.15) is 0 Å². The standard InChI is InChI=1S/C15H19ClFN3O/c1-11-19-9-13(8-18-6-7-21-2)20(11)10-12-4-3-5-14(17)15(12)16/h3-5,9,18H,6-8,10H2,1-2H3. The lowest BCUT2D eigenvalue weighted by molar-refractivity contribution is 0.199. The second-order valence-corrected chi connectivity index (χ2v) is 5.14. The Bertz CT molecular complexity index is 601. The highest BCUT2D eigenvalue weighted by Gasteiger charge is 2.11. The van der Waals surface area contributed by atoms with Crippen molar-refractivity contribution in [3.63, 3.8) is 0 Å². The number of ether oxygens (including phenoxy) is 1. The van der Waals surface area contributed by atoms with Crippen LogP contribution in [0.15, 0.2) is 24.4 Å². The summed E-state index contributed by atoms with van der Waals surface area (Å²) in [6, 6.07) is 4.85. The Labute approximate surface area is 128 Å². The molecule has 1 aromatic heterocycles. The van der Waals surface area contributed by atoms with Gasteiger partial charge in [0.1, 0.15) is 11.6 Å². The third kappa shape index (κ3) is 4.03. The molecule has 0 aliphatic carbocycles. The number of imidazole rings is 1. The van der Waals surface area contributed by atoms with Crippen LogP contribution in [0, 0.1) is 12.7 Å². The zero-order valence-electron chi connectivity index (χ0n) is 12.2. The maximum absolute atomic E-state index is 13.5. The highest BCUT2D eigenvalue weighted by molar-refractivity contribution is 6.31. The summed E-state index contributed by atoms with van der Waals surface area (Å²) in [4.78, 5) is 4.32. The van der Waals surface area contributed by atoms with E-state index in [1.165, 1.54) is 6.07 Å². The topological polar surface area (TPSA) is 39.1 Å². The fourth-order valence-corrected chi connectivity index (χ4v) is 2.29. The van der Waals surface area contributed by atoms with E-state index in [0.29, 0.717) is 19.7 Å². The number of aryl methyl sites for hydroxylation is 1. The fraction of sp³-hybridized carbons (Fsp3) is 0.400. The maximum Gasteiger partial charge on any atom is 0.142 e. The number of benzene rings is 1. The molecule has 0 aliphatic heterocycles. The molecule has 0 saturated carbocycles. The Balaban J connectivity index is 2.12. The van der Waals surface area contributed by atoms with Gasteiger partial charge in [0.05, 0.1) is 23.9 Å². The van der Waals surface area contributed by atoms with Crippen LogP contribution in [0.1, 0.15) is 17.1 Å². The molecule has 0 radical (unpaired) electrons. The molecule has 6 heteroatoms. The zero-order valence-corrected chi connectivity index (χ0v) is 13.0. The van der Waals surface area contributed by atoms with Crippen molar-refractivity contribution in [3.8, 4) is 0 Å². The average Bonchev–Trinajstić information content (AvgIpc) is 2.81. The number of halogens is 2. The van der Waals surface area contributed by atoms with Crippen LogP contribution in [0.4, 0.5) is 4.39 Å². The van der Waals surface area contributed by atoms with E-state index in [9.17, 15) is 4.39 Å². The summed E-state index contributed by atoms with van der Waals surface area (Å²) in [6.07, 6.45) is 1.82. The quantitative estimate of drug-likeness (QED) is 0.799. The molecule has 2 aromatic rings. The number of hydrogen-bond donors (Lipinski definition) is 1. The maximum atomic E-state index is 13.5. The molecule has 0 saturated heterocycles. The van der Waals surface area contributed by atoms with Crippen LogP contribution >= 0.6 is 11.6 Å².